The Balaban J connectivity index is 0.00000261. The van der Waals surface area contributed by atoms with Crippen LogP contribution in [-0.2, 0) is 16.6 Å². The second-order valence-corrected chi connectivity index (χ2v) is 6.60. The van der Waals surface area contributed by atoms with E-state index in [4.69, 9.17) is 0 Å². The van der Waals surface area contributed by atoms with E-state index in [0.717, 1.165) is 31.6 Å². The van der Waals surface area contributed by atoms with Crippen LogP contribution in [0.5, 0.6) is 0 Å². The lowest BCUT2D eigenvalue weighted by Gasteiger charge is -2.35. The van der Waals surface area contributed by atoms with Crippen LogP contribution in [0.15, 0.2) is 17.4 Å². The van der Waals surface area contributed by atoms with Gasteiger partial charge in [0.2, 0.25) is 11.8 Å². The zero-order valence-electron chi connectivity index (χ0n) is 15.9. The fourth-order valence-corrected chi connectivity index (χ4v) is 3.31. The lowest BCUT2D eigenvalue weighted by atomic mass is 10.3. The molecule has 2 saturated heterocycles. The Kier molecular flexibility index (Phi) is 7.87. The highest BCUT2D eigenvalue weighted by Gasteiger charge is 2.28. The summed E-state index contributed by atoms with van der Waals surface area (Å²) < 4.78 is 1.69. The summed E-state index contributed by atoms with van der Waals surface area (Å²) in [6, 6.07) is 0. The van der Waals surface area contributed by atoms with Gasteiger partial charge < -0.3 is 20.0 Å². The third kappa shape index (κ3) is 5.33. The van der Waals surface area contributed by atoms with Gasteiger partial charge in [-0.05, 0) is 19.8 Å². The zero-order valence-corrected chi connectivity index (χ0v) is 18.3. The molecule has 3 heterocycles. The summed E-state index contributed by atoms with van der Waals surface area (Å²) in [4.78, 5) is 34.8. The molecule has 0 spiro atoms. The van der Waals surface area contributed by atoms with Crippen molar-refractivity contribution in [3.05, 3.63) is 12.4 Å². The van der Waals surface area contributed by atoms with Crippen molar-refractivity contribution in [2.24, 2.45) is 12.0 Å². The predicted molar refractivity (Wildman–Crippen MR) is 114 cm³/mol. The largest absolute Gasteiger partial charge is 0.356 e. The van der Waals surface area contributed by atoms with Gasteiger partial charge in [-0.1, -0.05) is 0 Å². The van der Waals surface area contributed by atoms with Gasteiger partial charge in [-0.3, -0.25) is 14.3 Å². The number of aromatic nitrogens is 2. The molecule has 0 bridgehead atoms. The summed E-state index contributed by atoms with van der Waals surface area (Å²) in [5, 5.41) is 7.32. The van der Waals surface area contributed by atoms with Crippen molar-refractivity contribution in [2.45, 2.75) is 19.8 Å². The normalized spacial score (nSPS) is 17.9. The minimum absolute atomic E-state index is 0. The van der Waals surface area contributed by atoms with Crippen molar-refractivity contribution >= 4 is 47.4 Å². The maximum Gasteiger partial charge on any atom is 0.246 e. The number of hydrogen-bond donors (Lipinski definition) is 1. The molecular formula is C17H28IN7O2. The second kappa shape index (κ2) is 9.90. The number of nitrogens with zero attached hydrogens (tertiary/aromatic N) is 6. The lowest BCUT2D eigenvalue weighted by Crippen LogP contribution is -2.55. The van der Waals surface area contributed by atoms with Gasteiger partial charge in [0, 0.05) is 46.0 Å². The molecule has 2 aliphatic heterocycles. The highest BCUT2D eigenvalue weighted by atomic mass is 127. The second-order valence-electron chi connectivity index (χ2n) is 6.60. The van der Waals surface area contributed by atoms with Crippen molar-refractivity contribution in [1.82, 2.24) is 24.9 Å². The Labute approximate surface area is 176 Å². The zero-order chi connectivity index (χ0) is 18.5. The molecular weight excluding hydrogens is 461 g/mol. The van der Waals surface area contributed by atoms with E-state index < -0.39 is 0 Å². The summed E-state index contributed by atoms with van der Waals surface area (Å²) in [5.41, 5.74) is 0.809. The number of aliphatic imine (C=N–C) groups is 1. The first-order valence-corrected chi connectivity index (χ1v) is 9.18. The van der Waals surface area contributed by atoms with E-state index in [1.165, 1.54) is 0 Å². The Morgan fingerprint density at radius 1 is 1.22 bits per heavy atom. The third-order valence-electron chi connectivity index (χ3n) is 4.68. The van der Waals surface area contributed by atoms with Gasteiger partial charge in [0.25, 0.3) is 0 Å². The van der Waals surface area contributed by atoms with Crippen molar-refractivity contribution < 1.29 is 9.59 Å². The number of piperazine rings is 1. The van der Waals surface area contributed by atoms with Gasteiger partial charge in [0.05, 0.1) is 11.9 Å². The number of likely N-dealkylation sites (tertiary alicyclic amines) is 1. The topological polar surface area (TPSA) is 86.1 Å². The van der Waals surface area contributed by atoms with E-state index >= 15 is 0 Å². The molecule has 0 atom stereocenters. The molecule has 3 rings (SSSR count). The van der Waals surface area contributed by atoms with Crippen LogP contribution in [0.3, 0.4) is 0 Å². The molecule has 2 amide bonds. The summed E-state index contributed by atoms with van der Waals surface area (Å²) in [6.07, 6.45) is 5.67. The van der Waals surface area contributed by atoms with Gasteiger partial charge in [-0.25, -0.2) is 4.99 Å². The summed E-state index contributed by atoms with van der Waals surface area (Å²) in [5.74, 6) is 0.679. The van der Waals surface area contributed by atoms with E-state index in [-0.39, 0.29) is 48.9 Å². The van der Waals surface area contributed by atoms with E-state index in [0.29, 0.717) is 25.6 Å². The van der Waals surface area contributed by atoms with Crippen LogP contribution >= 0.6 is 24.0 Å². The quantitative estimate of drug-likeness (QED) is 0.373. The number of halogens is 1. The van der Waals surface area contributed by atoms with E-state index in [9.17, 15) is 9.59 Å². The minimum Gasteiger partial charge on any atom is -0.356 e. The Morgan fingerprint density at radius 3 is 2.56 bits per heavy atom. The summed E-state index contributed by atoms with van der Waals surface area (Å²) in [6.45, 7) is 5.90. The third-order valence-corrected chi connectivity index (χ3v) is 4.68. The smallest absolute Gasteiger partial charge is 0.246 e. The number of anilines is 1. The molecule has 1 aromatic heterocycles. The van der Waals surface area contributed by atoms with Crippen molar-refractivity contribution in [1.29, 1.82) is 0 Å². The van der Waals surface area contributed by atoms with Crippen LogP contribution in [0, 0.1) is 0 Å². The number of rotatable bonds is 4. The molecule has 150 valence electrons. The van der Waals surface area contributed by atoms with E-state index in [1.54, 1.807) is 15.8 Å². The van der Waals surface area contributed by atoms with Crippen LogP contribution in [0.25, 0.3) is 0 Å². The highest BCUT2D eigenvalue weighted by Crippen LogP contribution is 2.16. The van der Waals surface area contributed by atoms with E-state index in [2.05, 4.69) is 15.4 Å². The van der Waals surface area contributed by atoms with Crippen LogP contribution in [0.4, 0.5) is 5.69 Å². The molecule has 2 fully saturated rings. The number of hydrogen-bond acceptors (Lipinski definition) is 4. The first-order chi connectivity index (χ1) is 12.6. The van der Waals surface area contributed by atoms with Crippen molar-refractivity contribution in [2.75, 3.05) is 50.7 Å². The van der Waals surface area contributed by atoms with Gasteiger partial charge in [-0.15, -0.1) is 24.0 Å². The van der Waals surface area contributed by atoms with Crippen LogP contribution in [0.2, 0.25) is 0 Å². The number of nitrogens with one attached hydrogen (secondary N) is 1. The molecule has 0 saturated carbocycles. The number of amides is 2. The molecule has 0 radical (unpaired) electrons. The average Bonchev–Trinajstić information content (AvgIpc) is 3.30. The molecule has 9 nitrogen and oxygen atoms in total. The average molecular weight is 489 g/mol. The lowest BCUT2D eigenvalue weighted by molar-refractivity contribution is -0.128. The molecule has 2 aliphatic rings. The highest BCUT2D eigenvalue weighted by molar-refractivity contribution is 14.0. The Bertz CT molecular complexity index is 685. The standard InChI is InChI=1S/C17H27N7O2.HI/c1-3-18-17(19-11-15(25)22-6-4-5-7-22)23-8-9-24(16(26)13-23)14-10-20-21(2)12-14;/h10,12H,3-9,11,13H2,1-2H3,(H,18,19);1H. The Hall–Kier alpha value is -1.85. The van der Waals surface area contributed by atoms with Gasteiger partial charge in [0.1, 0.15) is 13.1 Å². The molecule has 27 heavy (non-hydrogen) atoms. The summed E-state index contributed by atoms with van der Waals surface area (Å²) >= 11 is 0. The van der Waals surface area contributed by atoms with E-state index in [1.807, 2.05) is 30.0 Å². The van der Waals surface area contributed by atoms with Crippen LogP contribution in [-0.4, -0.2) is 83.2 Å². The maximum atomic E-state index is 12.6. The fourth-order valence-electron chi connectivity index (χ4n) is 3.31. The Morgan fingerprint density at radius 2 is 1.96 bits per heavy atom. The molecule has 1 aromatic rings. The number of aryl methyl sites for hydroxylation is 1. The maximum absolute atomic E-state index is 12.6. The predicted octanol–water partition coefficient (Wildman–Crippen LogP) is 0.275. The minimum atomic E-state index is 0. The van der Waals surface area contributed by atoms with Crippen molar-refractivity contribution in [3.63, 3.8) is 0 Å². The first-order valence-electron chi connectivity index (χ1n) is 9.18. The number of carbonyl (C=O) groups excluding carboxylic acids is 2. The molecule has 0 aliphatic carbocycles. The van der Waals surface area contributed by atoms with Crippen LogP contribution in [0.1, 0.15) is 19.8 Å². The van der Waals surface area contributed by atoms with Gasteiger partial charge in [-0.2, -0.15) is 5.10 Å². The summed E-state index contributed by atoms with van der Waals surface area (Å²) in [7, 11) is 1.83. The van der Waals surface area contributed by atoms with Gasteiger partial charge >= 0.3 is 0 Å². The molecule has 0 unspecified atom stereocenters. The first kappa shape index (κ1) is 21.5. The van der Waals surface area contributed by atoms with Crippen LogP contribution < -0.4 is 10.2 Å². The fraction of sp³-hybridized carbons (Fsp3) is 0.647. The van der Waals surface area contributed by atoms with Gasteiger partial charge in [0.15, 0.2) is 5.96 Å². The number of carbonyl (C=O) groups is 2. The molecule has 0 aromatic carbocycles. The number of guanidine groups is 1. The molecule has 1 N–H and O–H groups in total. The SMILES string of the molecule is CCNC(=NCC(=O)N1CCCC1)N1CCN(c2cnn(C)c2)C(=O)C1.I. The molecule has 10 heteroatoms. The van der Waals surface area contributed by atoms with Crippen molar-refractivity contribution in [3.8, 4) is 0 Å². The monoisotopic (exact) mass is 489 g/mol.